The smallest absolute Gasteiger partial charge is 0.252 e. The number of hydrogen-bond acceptors (Lipinski definition) is 6. The molecular formula is C24H25FN4O4. The minimum absolute atomic E-state index is 0.0567. The number of benzene rings is 1. The van der Waals surface area contributed by atoms with Gasteiger partial charge in [-0.2, -0.15) is 0 Å². The lowest BCUT2D eigenvalue weighted by Gasteiger charge is -2.37. The van der Waals surface area contributed by atoms with E-state index in [2.05, 4.69) is 9.97 Å². The summed E-state index contributed by atoms with van der Waals surface area (Å²) in [5.41, 5.74) is 2.99. The summed E-state index contributed by atoms with van der Waals surface area (Å²) in [6.07, 6.45) is 1.92. The number of ether oxygens (including phenoxy) is 3. The van der Waals surface area contributed by atoms with Crippen LogP contribution in [-0.4, -0.2) is 64.8 Å². The number of rotatable bonds is 4. The van der Waals surface area contributed by atoms with Gasteiger partial charge >= 0.3 is 0 Å². The van der Waals surface area contributed by atoms with Crippen LogP contribution in [0.1, 0.15) is 19.0 Å². The highest BCUT2D eigenvalue weighted by Crippen LogP contribution is 2.35. The Morgan fingerprint density at radius 3 is 2.55 bits per heavy atom. The van der Waals surface area contributed by atoms with E-state index in [-0.39, 0.29) is 17.6 Å². The first kappa shape index (κ1) is 21.7. The first-order chi connectivity index (χ1) is 16.1. The van der Waals surface area contributed by atoms with Crippen molar-refractivity contribution in [2.75, 3.05) is 32.9 Å². The van der Waals surface area contributed by atoms with E-state index in [0.29, 0.717) is 44.4 Å². The fourth-order valence-corrected chi connectivity index (χ4v) is 4.09. The molecule has 3 atom stereocenters. The third kappa shape index (κ3) is 4.52. The summed E-state index contributed by atoms with van der Waals surface area (Å²) in [6, 6.07) is 9.86. The van der Waals surface area contributed by atoms with Gasteiger partial charge in [-0.25, -0.2) is 9.37 Å². The van der Waals surface area contributed by atoms with Gasteiger partial charge in [0.15, 0.2) is 5.82 Å². The molecule has 9 heteroatoms. The number of nitrogens with one attached hydrogen (secondary N) is 1. The highest BCUT2D eigenvalue weighted by atomic mass is 19.1. The maximum atomic E-state index is 13.5. The van der Waals surface area contributed by atoms with Crippen LogP contribution in [0.2, 0.25) is 0 Å². The SMILES string of the molecule is CC1COC(c2nc(-c3ccc(F)cc3)c(-c3ccncc3)[nH]2)OC1C(=O)N1CCOCC1. The van der Waals surface area contributed by atoms with Crippen LogP contribution in [0.15, 0.2) is 48.8 Å². The molecule has 0 aliphatic carbocycles. The number of hydrogen-bond donors (Lipinski definition) is 1. The Labute approximate surface area is 190 Å². The van der Waals surface area contributed by atoms with Crippen LogP contribution < -0.4 is 0 Å². The molecule has 3 aromatic rings. The number of morpholine rings is 1. The summed E-state index contributed by atoms with van der Waals surface area (Å²) < 4.78 is 30.9. The number of halogens is 1. The molecular weight excluding hydrogens is 427 g/mol. The van der Waals surface area contributed by atoms with Gasteiger partial charge in [-0.15, -0.1) is 0 Å². The second kappa shape index (κ2) is 9.38. The summed E-state index contributed by atoms with van der Waals surface area (Å²) in [4.78, 5) is 27.0. The molecule has 0 bridgehead atoms. The average Bonchev–Trinajstić information content (AvgIpc) is 3.31. The summed E-state index contributed by atoms with van der Waals surface area (Å²) in [5.74, 6) is -0.0215. The molecule has 2 aliphatic rings. The molecule has 2 aromatic heterocycles. The third-order valence-electron chi connectivity index (χ3n) is 5.90. The van der Waals surface area contributed by atoms with Gasteiger partial charge in [0.1, 0.15) is 11.9 Å². The van der Waals surface area contributed by atoms with Crippen molar-refractivity contribution in [3.63, 3.8) is 0 Å². The van der Waals surface area contributed by atoms with E-state index in [1.165, 1.54) is 12.1 Å². The molecule has 0 saturated carbocycles. The molecule has 1 N–H and O–H groups in total. The Morgan fingerprint density at radius 1 is 1.09 bits per heavy atom. The first-order valence-electron chi connectivity index (χ1n) is 11.0. The number of aromatic amines is 1. The van der Waals surface area contributed by atoms with Crippen molar-refractivity contribution in [3.05, 3.63) is 60.4 Å². The maximum absolute atomic E-state index is 13.5. The van der Waals surface area contributed by atoms with Crippen LogP contribution in [0.3, 0.4) is 0 Å². The molecule has 5 rings (SSSR count). The molecule has 172 valence electrons. The van der Waals surface area contributed by atoms with Gasteiger partial charge in [0.05, 0.1) is 31.2 Å². The molecule has 0 spiro atoms. The summed E-state index contributed by atoms with van der Waals surface area (Å²) in [6.45, 7) is 4.47. The van der Waals surface area contributed by atoms with Crippen molar-refractivity contribution < 1.29 is 23.4 Å². The predicted molar refractivity (Wildman–Crippen MR) is 117 cm³/mol. The van der Waals surface area contributed by atoms with E-state index >= 15 is 0 Å². The number of carbonyl (C=O) groups excluding carboxylic acids is 1. The second-order valence-corrected chi connectivity index (χ2v) is 8.23. The molecule has 2 aliphatic heterocycles. The largest absolute Gasteiger partial charge is 0.378 e. The minimum Gasteiger partial charge on any atom is -0.378 e. The van der Waals surface area contributed by atoms with Gasteiger partial charge in [-0.05, 0) is 36.4 Å². The van der Waals surface area contributed by atoms with Gasteiger partial charge in [-0.3, -0.25) is 9.78 Å². The van der Waals surface area contributed by atoms with Gasteiger partial charge in [-0.1, -0.05) is 6.92 Å². The predicted octanol–water partition coefficient (Wildman–Crippen LogP) is 3.19. The highest BCUT2D eigenvalue weighted by molar-refractivity contribution is 5.81. The molecule has 33 heavy (non-hydrogen) atoms. The van der Waals surface area contributed by atoms with Crippen molar-refractivity contribution in [2.24, 2.45) is 5.92 Å². The van der Waals surface area contributed by atoms with Crippen molar-refractivity contribution in [2.45, 2.75) is 19.3 Å². The third-order valence-corrected chi connectivity index (χ3v) is 5.90. The summed E-state index contributed by atoms with van der Waals surface area (Å²) >= 11 is 0. The average molecular weight is 452 g/mol. The number of carbonyl (C=O) groups is 1. The van der Waals surface area contributed by atoms with Gasteiger partial charge in [0, 0.05) is 42.5 Å². The zero-order valence-corrected chi connectivity index (χ0v) is 18.2. The van der Waals surface area contributed by atoms with Crippen LogP contribution in [0.25, 0.3) is 22.5 Å². The van der Waals surface area contributed by atoms with E-state index in [4.69, 9.17) is 19.2 Å². The Hall–Kier alpha value is -3.14. The normalized spacial score (nSPS) is 23.5. The van der Waals surface area contributed by atoms with Crippen molar-refractivity contribution >= 4 is 5.91 Å². The topological polar surface area (TPSA) is 89.6 Å². The number of aromatic nitrogens is 3. The summed E-state index contributed by atoms with van der Waals surface area (Å²) in [7, 11) is 0. The zero-order chi connectivity index (χ0) is 22.8. The molecule has 1 aromatic carbocycles. The molecule has 2 saturated heterocycles. The lowest BCUT2D eigenvalue weighted by Crippen LogP contribution is -2.51. The number of pyridine rings is 1. The fraction of sp³-hybridized carbons (Fsp3) is 0.375. The van der Waals surface area contributed by atoms with Gasteiger partial charge < -0.3 is 24.1 Å². The zero-order valence-electron chi connectivity index (χ0n) is 18.2. The minimum atomic E-state index is -0.828. The van der Waals surface area contributed by atoms with Gasteiger partial charge in [0.25, 0.3) is 5.91 Å². The van der Waals surface area contributed by atoms with E-state index in [1.54, 1.807) is 29.4 Å². The molecule has 3 unspecified atom stereocenters. The van der Waals surface area contributed by atoms with Gasteiger partial charge in [0.2, 0.25) is 6.29 Å². The maximum Gasteiger partial charge on any atom is 0.252 e. The van der Waals surface area contributed by atoms with Crippen LogP contribution in [0.5, 0.6) is 0 Å². The Kier molecular flexibility index (Phi) is 6.17. The summed E-state index contributed by atoms with van der Waals surface area (Å²) in [5, 5.41) is 0. The quantitative estimate of drug-likeness (QED) is 0.654. The Balaban J connectivity index is 1.46. The molecule has 8 nitrogen and oxygen atoms in total. The molecule has 0 radical (unpaired) electrons. The molecule has 4 heterocycles. The lowest BCUT2D eigenvalue weighted by molar-refractivity contribution is -0.242. The van der Waals surface area contributed by atoms with Crippen LogP contribution in [0.4, 0.5) is 4.39 Å². The van der Waals surface area contributed by atoms with Crippen LogP contribution in [-0.2, 0) is 19.0 Å². The van der Waals surface area contributed by atoms with Crippen LogP contribution >= 0.6 is 0 Å². The van der Waals surface area contributed by atoms with Crippen molar-refractivity contribution in [1.29, 1.82) is 0 Å². The van der Waals surface area contributed by atoms with E-state index in [0.717, 1.165) is 16.8 Å². The standard InChI is InChI=1S/C24H25FN4O4/c1-15-14-32-24(33-21(15)23(30)29-10-12-31-13-11-29)22-27-19(16-2-4-18(25)5-3-16)20(28-22)17-6-8-26-9-7-17/h2-9,15,21,24H,10-14H2,1H3,(H,27,28). The lowest BCUT2D eigenvalue weighted by atomic mass is 10.0. The van der Waals surface area contributed by atoms with E-state index in [1.807, 2.05) is 19.1 Å². The van der Waals surface area contributed by atoms with E-state index < -0.39 is 12.4 Å². The first-order valence-corrected chi connectivity index (χ1v) is 11.0. The number of nitrogens with zero attached hydrogens (tertiary/aromatic N) is 3. The highest BCUT2D eigenvalue weighted by Gasteiger charge is 2.39. The number of amides is 1. The van der Waals surface area contributed by atoms with Crippen molar-refractivity contribution in [1.82, 2.24) is 19.9 Å². The van der Waals surface area contributed by atoms with Crippen LogP contribution in [0, 0.1) is 11.7 Å². The molecule has 1 amide bonds. The Bertz CT molecular complexity index is 1100. The number of H-pyrrole nitrogens is 1. The van der Waals surface area contributed by atoms with Crippen molar-refractivity contribution in [3.8, 4) is 22.5 Å². The monoisotopic (exact) mass is 452 g/mol. The number of imidazole rings is 1. The fourth-order valence-electron chi connectivity index (χ4n) is 4.09. The second-order valence-electron chi connectivity index (χ2n) is 8.23. The molecule has 2 fully saturated rings. The Morgan fingerprint density at radius 2 is 1.82 bits per heavy atom. The van der Waals surface area contributed by atoms with E-state index in [9.17, 15) is 9.18 Å².